The van der Waals surface area contributed by atoms with Crippen molar-refractivity contribution in [3.63, 3.8) is 0 Å². The Morgan fingerprint density at radius 2 is 2.00 bits per heavy atom. The Kier molecular flexibility index (Phi) is 4.34. The summed E-state index contributed by atoms with van der Waals surface area (Å²) in [6, 6.07) is 12.5. The van der Waals surface area contributed by atoms with E-state index in [1.807, 2.05) is 58.2 Å². The second-order valence-electron chi connectivity index (χ2n) is 5.61. The molecule has 0 aliphatic heterocycles. The van der Waals surface area contributed by atoms with E-state index in [0.29, 0.717) is 6.04 Å². The van der Waals surface area contributed by atoms with Gasteiger partial charge in [0, 0.05) is 25.0 Å². The summed E-state index contributed by atoms with van der Waals surface area (Å²) in [5, 5.41) is 12.4. The van der Waals surface area contributed by atoms with Crippen LogP contribution in [0.15, 0.2) is 55.0 Å². The average Bonchev–Trinajstić information content (AvgIpc) is 3.15. The van der Waals surface area contributed by atoms with E-state index in [9.17, 15) is 0 Å². The number of para-hydroxylation sites is 1. The largest absolute Gasteiger partial charge is 0.307 e. The van der Waals surface area contributed by atoms with Crippen LogP contribution in [0.2, 0.25) is 0 Å². The summed E-state index contributed by atoms with van der Waals surface area (Å²) in [5.74, 6) is 0. The number of hydrogen-bond donors (Lipinski definition) is 1. The van der Waals surface area contributed by atoms with E-state index in [1.54, 1.807) is 0 Å². The highest BCUT2D eigenvalue weighted by atomic mass is 15.3. The molecule has 0 aliphatic carbocycles. The second kappa shape index (κ2) is 6.58. The van der Waals surface area contributed by atoms with Gasteiger partial charge in [-0.3, -0.25) is 4.68 Å². The lowest BCUT2D eigenvalue weighted by Crippen LogP contribution is -2.30. The van der Waals surface area contributed by atoms with Crippen LogP contribution in [0.3, 0.4) is 0 Å². The van der Waals surface area contributed by atoms with Crippen LogP contribution in [0.1, 0.15) is 18.2 Å². The van der Waals surface area contributed by atoms with Crippen LogP contribution in [-0.2, 0) is 13.1 Å². The van der Waals surface area contributed by atoms with Gasteiger partial charge >= 0.3 is 0 Å². The average molecular weight is 295 g/mol. The molecule has 114 valence electrons. The van der Waals surface area contributed by atoms with Gasteiger partial charge in [-0.2, -0.15) is 10.2 Å². The third-order valence-corrected chi connectivity index (χ3v) is 3.52. The molecule has 0 radical (unpaired) electrons. The summed E-state index contributed by atoms with van der Waals surface area (Å²) < 4.78 is 3.87. The lowest BCUT2D eigenvalue weighted by Gasteiger charge is -2.12. The number of aromatic nitrogens is 4. The van der Waals surface area contributed by atoms with Crippen LogP contribution in [0.25, 0.3) is 5.69 Å². The van der Waals surface area contributed by atoms with Gasteiger partial charge in [-0.05, 0) is 37.6 Å². The standard InChI is InChI=1S/C17H21N5/c1-14-10-19-21(12-14)13-15(2)18-11-16-8-9-22(20-16)17-6-4-3-5-7-17/h3-10,12,15,18H,11,13H2,1-2H3/t15-/m0/s1. The second-order valence-corrected chi connectivity index (χ2v) is 5.61. The number of benzene rings is 1. The molecule has 2 heterocycles. The Labute approximate surface area is 130 Å². The first-order valence-electron chi connectivity index (χ1n) is 7.53. The van der Waals surface area contributed by atoms with Crippen molar-refractivity contribution < 1.29 is 0 Å². The highest BCUT2D eigenvalue weighted by molar-refractivity contribution is 5.30. The normalized spacial score (nSPS) is 12.5. The fourth-order valence-electron chi connectivity index (χ4n) is 2.37. The summed E-state index contributed by atoms with van der Waals surface area (Å²) in [7, 11) is 0. The fraction of sp³-hybridized carbons (Fsp3) is 0.294. The summed E-state index contributed by atoms with van der Waals surface area (Å²) in [4.78, 5) is 0. The molecule has 1 aromatic carbocycles. The van der Waals surface area contributed by atoms with E-state index in [1.165, 1.54) is 5.56 Å². The maximum Gasteiger partial charge on any atom is 0.0766 e. The van der Waals surface area contributed by atoms with Gasteiger partial charge in [-0.15, -0.1) is 0 Å². The maximum absolute atomic E-state index is 4.60. The number of nitrogens with zero attached hydrogens (tertiary/aromatic N) is 4. The van der Waals surface area contributed by atoms with Crippen LogP contribution in [0, 0.1) is 6.92 Å². The van der Waals surface area contributed by atoms with Crippen molar-refractivity contribution in [2.24, 2.45) is 0 Å². The molecule has 5 heteroatoms. The molecule has 0 fully saturated rings. The van der Waals surface area contributed by atoms with Crippen molar-refractivity contribution in [1.29, 1.82) is 0 Å². The van der Waals surface area contributed by atoms with E-state index in [0.717, 1.165) is 24.5 Å². The molecule has 0 saturated heterocycles. The Bertz CT molecular complexity index is 713. The van der Waals surface area contributed by atoms with Crippen LogP contribution in [0.4, 0.5) is 0 Å². The van der Waals surface area contributed by atoms with Crippen molar-refractivity contribution in [1.82, 2.24) is 24.9 Å². The first-order valence-corrected chi connectivity index (χ1v) is 7.53. The Hall–Kier alpha value is -2.40. The lowest BCUT2D eigenvalue weighted by molar-refractivity contribution is 0.447. The smallest absolute Gasteiger partial charge is 0.0766 e. The molecule has 1 atom stereocenters. The molecule has 3 aromatic rings. The quantitative estimate of drug-likeness (QED) is 0.760. The predicted octanol–water partition coefficient (Wildman–Crippen LogP) is 2.56. The minimum Gasteiger partial charge on any atom is -0.307 e. The zero-order valence-electron chi connectivity index (χ0n) is 13.0. The Balaban J connectivity index is 1.54. The molecule has 0 aliphatic rings. The number of rotatable bonds is 6. The molecule has 0 unspecified atom stereocenters. The van der Waals surface area contributed by atoms with Crippen molar-refractivity contribution >= 4 is 0 Å². The third-order valence-electron chi connectivity index (χ3n) is 3.52. The minimum absolute atomic E-state index is 0.334. The first kappa shape index (κ1) is 14.5. The van der Waals surface area contributed by atoms with E-state index >= 15 is 0 Å². The van der Waals surface area contributed by atoms with Gasteiger partial charge in [0.25, 0.3) is 0 Å². The van der Waals surface area contributed by atoms with Gasteiger partial charge < -0.3 is 5.32 Å². The van der Waals surface area contributed by atoms with Crippen LogP contribution in [0.5, 0.6) is 0 Å². The van der Waals surface area contributed by atoms with Gasteiger partial charge in [0.2, 0.25) is 0 Å². The van der Waals surface area contributed by atoms with Gasteiger partial charge in [0.1, 0.15) is 0 Å². The highest BCUT2D eigenvalue weighted by Crippen LogP contribution is 2.07. The van der Waals surface area contributed by atoms with Crippen molar-refractivity contribution in [3.8, 4) is 5.69 Å². The third kappa shape index (κ3) is 3.62. The van der Waals surface area contributed by atoms with E-state index in [2.05, 4.69) is 35.6 Å². The summed E-state index contributed by atoms with van der Waals surface area (Å²) in [6.45, 7) is 5.82. The first-order chi connectivity index (χ1) is 10.7. The number of hydrogen-bond acceptors (Lipinski definition) is 3. The molecular formula is C17H21N5. The van der Waals surface area contributed by atoms with Gasteiger partial charge in [0.05, 0.1) is 24.1 Å². The lowest BCUT2D eigenvalue weighted by atomic mass is 10.3. The van der Waals surface area contributed by atoms with Gasteiger partial charge in [-0.25, -0.2) is 4.68 Å². The highest BCUT2D eigenvalue weighted by Gasteiger charge is 2.06. The van der Waals surface area contributed by atoms with E-state index in [4.69, 9.17) is 0 Å². The minimum atomic E-state index is 0.334. The van der Waals surface area contributed by atoms with Crippen LogP contribution >= 0.6 is 0 Å². The SMILES string of the molecule is Cc1cnn(C[C@H](C)NCc2ccn(-c3ccccc3)n2)c1. The molecule has 2 aromatic heterocycles. The van der Waals surface area contributed by atoms with Crippen molar-refractivity contribution in [2.45, 2.75) is 33.0 Å². The maximum atomic E-state index is 4.60. The van der Waals surface area contributed by atoms with Gasteiger partial charge in [-0.1, -0.05) is 18.2 Å². The van der Waals surface area contributed by atoms with Crippen molar-refractivity contribution in [3.05, 3.63) is 66.2 Å². The zero-order chi connectivity index (χ0) is 15.4. The number of aryl methyl sites for hydroxylation is 1. The molecule has 1 N–H and O–H groups in total. The zero-order valence-corrected chi connectivity index (χ0v) is 13.0. The molecule has 5 nitrogen and oxygen atoms in total. The molecular weight excluding hydrogens is 274 g/mol. The predicted molar refractivity (Wildman–Crippen MR) is 86.8 cm³/mol. The fourth-order valence-corrected chi connectivity index (χ4v) is 2.37. The Morgan fingerprint density at radius 3 is 2.73 bits per heavy atom. The molecule has 0 spiro atoms. The molecule has 0 saturated carbocycles. The van der Waals surface area contributed by atoms with E-state index < -0.39 is 0 Å². The van der Waals surface area contributed by atoms with Crippen LogP contribution < -0.4 is 5.32 Å². The topological polar surface area (TPSA) is 47.7 Å². The molecule has 3 rings (SSSR count). The van der Waals surface area contributed by atoms with E-state index in [-0.39, 0.29) is 0 Å². The Morgan fingerprint density at radius 1 is 1.18 bits per heavy atom. The summed E-state index contributed by atoms with van der Waals surface area (Å²) in [6.07, 6.45) is 5.93. The number of nitrogens with one attached hydrogen (secondary N) is 1. The molecule has 0 amide bonds. The van der Waals surface area contributed by atoms with Gasteiger partial charge in [0.15, 0.2) is 0 Å². The van der Waals surface area contributed by atoms with Crippen LogP contribution in [-0.4, -0.2) is 25.6 Å². The molecule has 0 bridgehead atoms. The van der Waals surface area contributed by atoms with Crippen molar-refractivity contribution in [2.75, 3.05) is 0 Å². The molecule has 22 heavy (non-hydrogen) atoms. The summed E-state index contributed by atoms with van der Waals surface area (Å²) in [5.41, 5.74) is 3.30. The monoisotopic (exact) mass is 295 g/mol. The summed E-state index contributed by atoms with van der Waals surface area (Å²) >= 11 is 0.